The average Bonchev–Trinajstić information content (AvgIpc) is 2.49. The molecule has 0 aliphatic carbocycles. The van der Waals surface area contributed by atoms with Gasteiger partial charge in [0.25, 0.3) is 0 Å². The number of hydrogen-bond acceptors (Lipinski definition) is 4. The van der Waals surface area contributed by atoms with Gasteiger partial charge in [0.2, 0.25) is 10.0 Å². The van der Waals surface area contributed by atoms with Crippen molar-refractivity contribution in [3.05, 3.63) is 6.42 Å². The van der Waals surface area contributed by atoms with Gasteiger partial charge >= 0.3 is 0 Å². The Morgan fingerprint density at radius 3 is 2.53 bits per heavy atom. The van der Waals surface area contributed by atoms with Crippen LogP contribution in [0.5, 0.6) is 0 Å². The summed E-state index contributed by atoms with van der Waals surface area (Å²) in [5.41, 5.74) is 0. The van der Waals surface area contributed by atoms with E-state index in [0.717, 1.165) is 19.1 Å². The van der Waals surface area contributed by atoms with Crippen molar-refractivity contribution in [2.24, 2.45) is 0 Å². The smallest absolute Gasteiger partial charge is 0.208 e. The summed E-state index contributed by atoms with van der Waals surface area (Å²) in [5, 5.41) is 9.85. The van der Waals surface area contributed by atoms with Gasteiger partial charge in [0.05, 0.1) is 12.4 Å². The minimum atomic E-state index is -3.21. The number of sulfonamides is 1. The van der Waals surface area contributed by atoms with E-state index in [1.54, 1.807) is 0 Å². The van der Waals surface area contributed by atoms with Crippen molar-refractivity contribution in [1.29, 1.82) is 0 Å². The molecule has 0 saturated carbocycles. The van der Waals surface area contributed by atoms with Crippen LogP contribution in [0, 0.1) is 6.42 Å². The molecule has 99 valence electrons. The second kappa shape index (κ2) is 5.22. The number of hydrogen-bond donors (Lipinski definition) is 2. The van der Waals surface area contributed by atoms with E-state index in [4.69, 9.17) is 0 Å². The lowest BCUT2D eigenvalue weighted by Gasteiger charge is -2.35. The number of aliphatic hydroxyl groups is 1. The molecule has 3 atom stereocenters. The Bertz CT molecular complexity index is 342. The molecule has 5 nitrogen and oxygen atoms in total. The zero-order valence-corrected chi connectivity index (χ0v) is 11.0. The first-order valence-electron chi connectivity index (χ1n) is 6.16. The number of nitrogens with zero attached hydrogens (tertiary/aromatic N) is 1. The van der Waals surface area contributed by atoms with Crippen LogP contribution >= 0.6 is 0 Å². The van der Waals surface area contributed by atoms with Crippen molar-refractivity contribution >= 4 is 10.0 Å². The molecule has 2 fully saturated rings. The maximum Gasteiger partial charge on any atom is 0.208 e. The van der Waals surface area contributed by atoms with Gasteiger partial charge in [-0.1, -0.05) is 0 Å². The highest BCUT2D eigenvalue weighted by molar-refractivity contribution is 7.88. The van der Waals surface area contributed by atoms with Gasteiger partial charge in [0, 0.05) is 25.2 Å². The van der Waals surface area contributed by atoms with E-state index in [0.29, 0.717) is 18.6 Å². The maximum absolute atomic E-state index is 10.9. The zero-order valence-electron chi connectivity index (χ0n) is 10.2. The summed E-state index contributed by atoms with van der Waals surface area (Å²) in [4.78, 5) is 2.34. The van der Waals surface area contributed by atoms with E-state index in [1.165, 1.54) is 12.8 Å². The molecule has 2 aliphatic heterocycles. The first kappa shape index (κ1) is 13.3. The third-order valence-corrected chi connectivity index (χ3v) is 4.34. The predicted molar refractivity (Wildman–Crippen MR) is 65.9 cm³/mol. The van der Waals surface area contributed by atoms with Gasteiger partial charge in [0.15, 0.2) is 0 Å². The van der Waals surface area contributed by atoms with Crippen LogP contribution in [0.15, 0.2) is 0 Å². The molecule has 0 aromatic heterocycles. The lowest BCUT2D eigenvalue weighted by molar-refractivity contribution is 0.0749. The molecule has 2 rings (SSSR count). The molecule has 2 N–H and O–H groups in total. The van der Waals surface area contributed by atoms with Crippen LogP contribution in [0.1, 0.15) is 25.7 Å². The summed E-state index contributed by atoms with van der Waals surface area (Å²) in [7, 11) is -3.21. The maximum atomic E-state index is 10.9. The van der Waals surface area contributed by atoms with Crippen LogP contribution < -0.4 is 4.72 Å². The molecule has 17 heavy (non-hydrogen) atoms. The fourth-order valence-electron chi connectivity index (χ4n) is 2.86. The van der Waals surface area contributed by atoms with Crippen LogP contribution in [0.3, 0.4) is 0 Å². The number of rotatable bonds is 5. The van der Waals surface area contributed by atoms with Crippen LogP contribution in [0.4, 0.5) is 0 Å². The van der Waals surface area contributed by atoms with E-state index >= 15 is 0 Å². The Morgan fingerprint density at radius 1 is 1.41 bits per heavy atom. The number of fused-ring (bicyclic) bond motifs is 2. The van der Waals surface area contributed by atoms with Crippen molar-refractivity contribution in [1.82, 2.24) is 9.62 Å². The van der Waals surface area contributed by atoms with Gasteiger partial charge in [-0.2, -0.15) is 0 Å². The number of nitrogens with one attached hydrogen (secondary N) is 1. The molecule has 2 aliphatic rings. The Balaban J connectivity index is 1.80. The number of aliphatic hydroxyl groups excluding tert-OH is 1. The first-order chi connectivity index (χ1) is 7.96. The second-order valence-corrected chi connectivity index (χ2v) is 6.95. The molecule has 0 aromatic rings. The molecule has 1 radical (unpaired) electrons. The molecule has 0 spiro atoms. The molecular weight excluding hydrogens is 240 g/mol. The Morgan fingerprint density at radius 2 is 2.00 bits per heavy atom. The van der Waals surface area contributed by atoms with Crippen molar-refractivity contribution in [2.45, 2.75) is 43.9 Å². The largest absolute Gasteiger partial charge is 0.390 e. The Kier molecular flexibility index (Phi) is 4.07. The molecule has 0 aromatic carbocycles. The van der Waals surface area contributed by atoms with Gasteiger partial charge in [-0.05, 0) is 32.1 Å². The van der Waals surface area contributed by atoms with E-state index in [-0.39, 0.29) is 6.54 Å². The van der Waals surface area contributed by atoms with Gasteiger partial charge in [-0.15, -0.1) is 0 Å². The molecule has 0 amide bonds. The van der Waals surface area contributed by atoms with E-state index < -0.39 is 16.1 Å². The lowest BCUT2D eigenvalue weighted by Crippen LogP contribution is -2.46. The highest BCUT2D eigenvalue weighted by Crippen LogP contribution is 2.34. The van der Waals surface area contributed by atoms with Gasteiger partial charge in [-0.25, -0.2) is 13.1 Å². The molecule has 6 heteroatoms. The van der Waals surface area contributed by atoms with Crippen molar-refractivity contribution in [3.8, 4) is 0 Å². The van der Waals surface area contributed by atoms with E-state index in [2.05, 4.69) is 16.0 Å². The fourth-order valence-corrected chi connectivity index (χ4v) is 3.35. The average molecular weight is 261 g/mol. The normalized spacial score (nSPS) is 31.6. The fraction of sp³-hybridized carbons (Fsp3) is 0.909. The summed E-state index contributed by atoms with van der Waals surface area (Å²) in [6, 6.07) is 1.11. The second-order valence-electron chi connectivity index (χ2n) is 5.12. The highest BCUT2D eigenvalue weighted by atomic mass is 32.2. The quantitative estimate of drug-likeness (QED) is 0.714. The van der Waals surface area contributed by atoms with E-state index in [9.17, 15) is 13.5 Å². The van der Waals surface area contributed by atoms with Crippen LogP contribution in [-0.2, 0) is 10.0 Å². The van der Waals surface area contributed by atoms with Crippen LogP contribution in [-0.4, -0.2) is 56.0 Å². The van der Waals surface area contributed by atoms with Crippen LogP contribution in [0.2, 0.25) is 0 Å². The highest BCUT2D eigenvalue weighted by Gasteiger charge is 2.37. The summed E-state index contributed by atoms with van der Waals surface area (Å²) in [6.45, 7) is 0.685. The van der Waals surface area contributed by atoms with Crippen molar-refractivity contribution in [3.63, 3.8) is 0 Å². The number of piperidine rings is 1. The molecule has 2 saturated heterocycles. The molecule has 1 unspecified atom stereocenters. The third kappa shape index (κ3) is 3.64. The summed E-state index contributed by atoms with van der Waals surface area (Å²) in [5.74, 6) is 0. The summed E-state index contributed by atoms with van der Waals surface area (Å²) >= 11 is 0. The van der Waals surface area contributed by atoms with Crippen molar-refractivity contribution in [2.75, 3.05) is 19.3 Å². The predicted octanol–water partition coefficient (Wildman–Crippen LogP) is -0.272. The molecular formula is C11H21N2O3S. The topological polar surface area (TPSA) is 69.6 Å². The summed E-state index contributed by atoms with van der Waals surface area (Å²) < 4.78 is 24.2. The van der Waals surface area contributed by atoms with Crippen LogP contribution in [0.25, 0.3) is 0 Å². The van der Waals surface area contributed by atoms with E-state index in [1.807, 2.05) is 0 Å². The van der Waals surface area contributed by atoms with Gasteiger partial charge in [0.1, 0.15) is 0 Å². The summed E-state index contributed by atoms with van der Waals surface area (Å²) in [6.07, 6.45) is 7.43. The molecule has 2 bridgehead atoms. The minimum absolute atomic E-state index is 0.110. The standard InChI is InChI=1S/C11H21N2O3S/c1-17(15,16)12-7-11(14)8-13-9-3-2-4-10(13)6-5-9/h2,9-12,14H,3-8H2,1H3/t9-,10+,11?. The first-order valence-corrected chi connectivity index (χ1v) is 8.05. The molecule has 2 heterocycles. The minimum Gasteiger partial charge on any atom is -0.390 e. The SMILES string of the molecule is CS(=O)(=O)NCC(O)CN1[C@@H]2C[CH]C[C@H]1CC2. The van der Waals surface area contributed by atoms with Gasteiger partial charge in [-0.3, -0.25) is 4.90 Å². The monoisotopic (exact) mass is 261 g/mol. The third-order valence-electron chi connectivity index (χ3n) is 3.65. The Hall–Kier alpha value is -0.170. The van der Waals surface area contributed by atoms with Crippen molar-refractivity contribution < 1.29 is 13.5 Å². The zero-order chi connectivity index (χ0) is 12.5. The lowest BCUT2D eigenvalue weighted by atomic mass is 10.0. The van der Waals surface area contributed by atoms with Gasteiger partial charge < -0.3 is 5.11 Å². The Labute approximate surface area is 103 Å².